The molecule has 4 N–H and O–H groups in total. The molecule has 1 atom stereocenters. The molecule has 10 heteroatoms. The van der Waals surface area contributed by atoms with Crippen LogP contribution in [0.2, 0.25) is 0 Å². The molecular formula is C23H25N5O5. The van der Waals surface area contributed by atoms with Crippen molar-refractivity contribution in [3.63, 3.8) is 0 Å². The van der Waals surface area contributed by atoms with Crippen LogP contribution in [-0.4, -0.2) is 74.3 Å². The molecule has 172 valence electrons. The number of anilines is 2. The zero-order valence-corrected chi connectivity index (χ0v) is 17.9. The van der Waals surface area contributed by atoms with Crippen molar-refractivity contribution >= 4 is 11.9 Å². The molecule has 0 saturated carbocycles. The molecule has 0 amide bonds. The molecule has 3 aromatic rings. The van der Waals surface area contributed by atoms with Crippen LogP contribution >= 0.6 is 0 Å². The first-order valence-electron chi connectivity index (χ1n) is 10.8. The topological polar surface area (TPSA) is 135 Å². The summed E-state index contributed by atoms with van der Waals surface area (Å²) >= 11 is 0. The number of aromatic nitrogens is 3. The SMILES string of the molecule is OCC1Cc2ccccc2CN1c1nc(-c2cc(O)c(O)c(O)c2)nc(N2CCOCC2)n1. The monoisotopic (exact) mass is 451 g/mol. The van der Waals surface area contributed by atoms with Crippen molar-refractivity contribution in [2.75, 3.05) is 42.7 Å². The normalized spacial score (nSPS) is 18.3. The maximum absolute atomic E-state index is 10.1. The van der Waals surface area contributed by atoms with Crippen molar-refractivity contribution in [3.8, 4) is 28.6 Å². The minimum atomic E-state index is -0.602. The van der Waals surface area contributed by atoms with Gasteiger partial charge in [0.25, 0.3) is 0 Å². The molecule has 0 aliphatic carbocycles. The molecule has 0 radical (unpaired) electrons. The molecule has 1 fully saturated rings. The van der Waals surface area contributed by atoms with Gasteiger partial charge in [0.1, 0.15) is 0 Å². The van der Waals surface area contributed by atoms with Gasteiger partial charge in [0.05, 0.1) is 25.9 Å². The molecule has 1 saturated heterocycles. The molecule has 10 nitrogen and oxygen atoms in total. The third-order valence-corrected chi connectivity index (χ3v) is 6.06. The third kappa shape index (κ3) is 4.10. The molecule has 0 bridgehead atoms. The van der Waals surface area contributed by atoms with Gasteiger partial charge in [-0.1, -0.05) is 24.3 Å². The summed E-state index contributed by atoms with van der Waals surface area (Å²) in [7, 11) is 0. The average molecular weight is 451 g/mol. The molecule has 33 heavy (non-hydrogen) atoms. The summed E-state index contributed by atoms with van der Waals surface area (Å²) in [6.07, 6.45) is 0.654. The summed E-state index contributed by atoms with van der Waals surface area (Å²) in [5.74, 6) is -0.472. The molecule has 1 aromatic heterocycles. The van der Waals surface area contributed by atoms with Crippen LogP contribution in [0.15, 0.2) is 36.4 Å². The van der Waals surface area contributed by atoms with Gasteiger partial charge >= 0.3 is 0 Å². The van der Waals surface area contributed by atoms with Crippen LogP contribution < -0.4 is 9.80 Å². The lowest BCUT2D eigenvalue weighted by Crippen LogP contribution is -2.44. The number of fused-ring (bicyclic) bond motifs is 1. The first-order chi connectivity index (χ1) is 16.0. The number of nitrogens with zero attached hydrogens (tertiary/aromatic N) is 5. The Morgan fingerprint density at radius 1 is 0.909 bits per heavy atom. The fraction of sp³-hybridized carbons (Fsp3) is 0.348. The van der Waals surface area contributed by atoms with Gasteiger partial charge < -0.3 is 35.0 Å². The second-order valence-electron chi connectivity index (χ2n) is 8.16. The molecule has 2 aliphatic rings. The number of benzene rings is 2. The Kier molecular flexibility index (Phi) is 5.61. The minimum absolute atomic E-state index is 0.0664. The van der Waals surface area contributed by atoms with Crippen molar-refractivity contribution < 1.29 is 25.2 Å². The van der Waals surface area contributed by atoms with Crippen LogP contribution in [0.25, 0.3) is 11.4 Å². The molecule has 3 heterocycles. The number of ether oxygens (including phenoxy) is 1. The van der Waals surface area contributed by atoms with Crippen molar-refractivity contribution in [2.45, 2.75) is 19.0 Å². The first-order valence-corrected chi connectivity index (χ1v) is 10.8. The predicted octanol–water partition coefficient (Wildman–Crippen LogP) is 1.42. The quantitative estimate of drug-likeness (QED) is 0.431. The largest absolute Gasteiger partial charge is 0.504 e. The highest BCUT2D eigenvalue weighted by atomic mass is 16.5. The summed E-state index contributed by atoms with van der Waals surface area (Å²) in [6.45, 7) is 2.78. The lowest BCUT2D eigenvalue weighted by Gasteiger charge is -2.36. The summed E-state index contributed by atoms with van der Waals surface area (Å²) in [6, 6.07) is 10.5. The van der Waals surface area contributed by atoms with Crippen molar-refractivity contribution in [3.05, 3.63) is 47.5 Å². The smallest absolute Gasteiger partial charge is 0.231 e. The maximum atomic E-state index is 10.1. The van der Waals surface area contributed by atoms with E-state index in [1.807, 2.05) is 21.9 Å². The summed E-state index contributed by atoms with van der Waals surface area (Å²) in [5.41, 5.74) is 2.65. The van der Waals surface area contributed by atoms with E-state index in [1.54, 1.807) is 0 Å². The third-order valence-electron chi connectivity index (χ3n) is 6.06. The molecule has 5 rings (SSSR count). The van der Waals surface area contributed by atoms with Crippen LogP contribution in [0, 0.1) is 0 Å². The Labute approximate surface area is 190 Å². The second-order valence-corrected chi connectivity index (χ2v) is 8.16. The Morgan fingerprint density at radius 3 is 2.27 bits per heavy atom. The van der Waals surface area contributed by atoms with E-state index in [4.69, 9.17) is 9.72 Å². The van der Waals surface area contributed by atoms with E-state index in [9.17, 15) is 20.4 Å². The van der Waals surface area contributed by atoms with Gasteiger partial charge in [-0.3, -0.25) is 0 Å². The minimum Gasteiger partial charge on any atom is -0.504 e. The van der Waals surface area contributed by atoms with Crippen molar-refractivity contribution in [1.82, 2.24) is 15.0 Å². The van der Waals surface area contributed by atoms with E-state index < -0.39 is 17.2 Å². The molecule has 2 aromatic carbocycles. The highest BCUT2D eigenvalue weighted by molar-refractivity contribution is 5.67. The van der Waals surface area contributed by atoms with Crippen LogP contribution in [-0.2, 0) is 17.7 Å². The summed E-state index contributed by atoms with van der Waals surface area (Å²) in [4.78, 5) is 17.9. The molecule has 0 spiro atoms. The number of rotatable bonds is 4. The van der Waals surface area contributed by atoms with E-state index in [0.717, 1.165) is 5.56 Å². The lowest BCUT2D eigenvalue weighted by atomic mass is 9.94. The van der Waals surface area contributed by atoms with E-state index in [0.29, 0.717) is 56.7 Å². The van der Waals surface area contributed by atoms with Crippen LogP contribution in [0.1, 0.15) is 11.1 Å². The number of aliphatic hydroxyl groups excluding tert-OH is 1. The van der Waals surface area contributed by atoms with Gasteiger partial charge in [-0.25, -0.2) is 0 Å². The van der Waals surface area contributed by atoms with E-state index >= 15 is 0 Å². The Morgan fingerprint density at radius 2 is 1.58 bits per heavy atom. The van der Waals surface area contributed by atoms with E-state index in [1.165, 1.54) is 17.7 Å². The number of hydrogen-bond donors (Lipinski definition) is 4. The van der Waals surface area contributed by atoms with Gasteiger partial charge in [-0.05, 0) is 29.7 Å². The van der Waals surface area contributed by atoms with Crippen LogP contribution in [0.3, 0.4) is 0 Å². The highest BCUT2D eigenvalue weighted by Crippen LogP contribution is 2.39. The number of aromatic hydroxyl groups is 3. The van der Waals surface area contributed by atoms with Gasteiger partial charge in [-0.2, -0.15) is 15.0 Å². The summed E-state index contributed by atoms with van der Waals surface area (Å²) in [5, 5.41) is 39.9. The fourth-order valence-electron chi connectivity index (χ4n) is 4.23. The van der Waals surface area contributed by atoms with Crippen molar-refractivity contribution in [2.24, 2.45) is 0 Å². The fourth-order valence-corrected chi connectivity index (χ4v) is 4.23. The Bertz CT molecular complexity index is 1140. The number of morpholine rings is 1. The molecular weight excluding hydrogens is 426 g/mol. The van der Waals surface area contributed by atoms with Crippen LogP contribution in [0.5, 0.6) is 17.2 Å². The Balaban J connectivity index is 1.61. The number of hydrogen-bond acceptors (Lipinski definition) is 10. The molecule has 2 aliphatic heterocycles. The van der Waals surface area contributed by atoms with Gasteiger partial charge in [0.15, 0.2) is 23.1 Å². The number of phenolic OH excluding ortho intramolecular Hbond substituents is 3. The first kappa shape index (κ1) is 21.2. The number of phenols is 3. The van der Waals surface area contributed by atoms with Crippen LogP contribution in [0.4, 0.5) is 11.9 Å². The van der Waals surface area contributed by atoms with Gasteiger partial charge in [-0.15, -0.1) is 0 Å². The summed E-state index contributed by atoms with van der Waals surface area (Å²) < 4.78 is 5.45. The van der Waals surface area contributed by atoms with Gasteiger partial charge in [0, 0.05) is 25.2 Å². The van der Waals surface area contributed by atoms with Gasteiger partial charge in [0.2, 0.25) is 11.9 Å². The van der Waals surface area contributed by atoms with Crippen molar-refractivity contribution in [1.29, 1.82) is 0 Å². The van der Waals surface area contributed by atoms with E-state index in [-0.39, 0.29) is 18.5 Å². The number of aliphatic hydroxyl groups is 1. The zero-order valence-electron chi connectivity index (χ0n) is 17.9. The lowest BCUT2D eigenvalue weighted by molar-refractivity contribution is 0.122. The molecule has 1 unspecified atom stereocenters. The maximum Gasteiger partial charge on any atom is 0.231 e. The van der Waals surface area contributed by atoms with E-state index in [2.05, 4.69) is 22.1 Å². The second kappa shape index (κ2) is 8.72. The zero-order chi connectivity index (χ0) is 22.9. The predicted molar refractivity (Wildman–Crippen MR) is 120 cm³/mol. The highest BCUT2D eigenvalue weighted by Gasteiger charge is 2.29. The Hall–Kier alpha value is -3.63. The average Bonchev–Trinajstić information content (AvgIpc) is 2.86. The standard InChI is InChI=1S/C23H25N5O5/c29-13-17-9-14-3-1-2-4-15(14)12-28(17)23-25-21(16-10-18(30)20(32)19(31)11-16)24-22(26-23)27-5-7-33-8-6-27/h1-4,10-11,17,29-32H,5-9,12-13H2.